The van der Waals surface area contributed by atoms with E-state index < -0.39 is 16.9 Å². The second kappa shape index (κ2) is 6.69. The predicted octanol–water partition coefficient (Wildman–Crippen LogP) is 1.02. The van der Waals surface area contributed by atoms with Crippen LogP contribution in [0.5, 0.6) is 0 Å². The Kier molecular flexibility index (Phi) is 5.23. The molecule has 0 spiro atoms. The lowest BCUT2D eigenvalue weighted by Gasteiger charge is -2.17. The number of nitrogens with two attached hydrogens (primary N) is 1. The summed E-state index contributed by atoms with van der Waals surface area (Å²) in [7, 11) is 0. The third-order valence-electron chi connectivity index (χ3n) is 2.68. The maximum atomic E-state index is 11.8. The van der Waals surface area contributed by atoms with E-state index in [1.54, 1.807) is 6.92 Å². The van der Waals surface area contributed by atoms with Crippen molar-refractivity contribution in [2.45, 2.75) is 32.9 Å². The van der Waals surface area contributed by atoms with Gasteiger partial charge in [0.05, 0.1) is 4.92 Å². The molecule has 21 heavy (non-hydrogen) atoms. The van der Waals surface area contributed by atoms with Crippen molar-refractivity contribution in [2.24, 2.45) is 5.73 Å². The molecular weight excluding hydrogens is 276 g/mol. The van der Waals surface area contributed by atoms with Gasteiger partial charge in [0.2, 0.25) is 11.8 Å². The van der Waals surface area contributed by atoms with Crippen LogP contribution in [-0.4, -0.2) is 28.8 Å². The number of carbonyl (C=O) groups is 2. The summed E-state index contributed by atoms with van der Waals surface area (Å²) in [5, 5.41) is 16.5. The summed E-state index contributed by atoms with van der Waals surface area (Å²) in [6, 6.07) is 3.11. The molecule has 0 bridgehead atoms. The zero-order valence-electron chi connectivity index (χ0n) is 12.0. The molecule has 0 radical (unpaired) electrons. The Hall–Kier alpha value is -2.64. The first-order valence-corrected chi connectivity index (χ1v) is 6.37. The van der Waals surface area contributed by atoms with Crippen molar-refractivity contribution in [1.29, 1.82) is 0 Å². The van der Waals surface area contributed by atoms with Gasteiger partial charge in [0.25, 0.3) is 5.69 Å². The van der Waals surface area contributed by atoms with Gasteiger partial charge < -0.3 is 16.4 Å². The lowest BCUT2D eigenvalue weighted by atomic mass is 10.1. The highest BCUT2D eigenvalue weighted by molar-refractivity contribution is 5.94. The molecule has 0 fully saturated rings. The second-order valence-corrected chi connectivity index (χ2v) is 4.88. The summed E-state index contributed by atoms with van der Waals surface area (Å²) in [6.45, 7) is 5.22. The van der Waals surface area contributed by atoms with Crippen LogP contribution in [0.1, 0.15) is 31.1 Å². The van der Waals surface area contributed by atoms with Gasteiger partial charge in [-0.1, -0.05) is 0 Å². The van der Waals surface area contributed by atoms with Crippen molar-refractivity contribution in [3.05, 3.63) is 33.9 Å². The fraction of sp³-hybridized carbons (Fsp3) is 0.385. The quantitative estimate of drug-likeness (QED) is 0.533. The van der Waals surface area contributed by atoms with E-state index in [0.29, 0.717) is 0 Å². The first kappa shape index (κ1) is 16.4. The number of carbonyl (C=O) groups excluding carboxylic acids is 2. The molecule has 0 aliphatic rings. The van der Waals surface area contributed by atoms with Gasteiger partial charge in [-0.2, -0.15) is 0 Å². The van der Waals surface area contributed by atoms with Crippen molar-refractivity contribution < 1.29 is 14.5 Å². The molecule has 2 amide bonds. The second-order valence-electron chi connectivity index (χ2n) is 4.88. The van der Waals surface area contributed by atoms with Crippen molar-refractivity contribution in [3.8, 4) is 0 Å². The molecule has 0 saturated heterocycles. The molecule has 1 atom stereocenters. The van der Waals surface area contributed by atoms with Crippen LogP contribution >= 0.6 is 0 Å². The third-order valence-corrected chi connectivity index (χ3v) is 2.68. The molecule has 1 aromatic carbocycles. The van der Waals surface area contributed by atoms with E-state index in [-0.39, 0.29) is 28.9 Å². The predicted molar refractivity (Wildman–Crippen MR) is 78.0 cm³/mol. The van der Waals surface area contributed by atoms with Crippen LogP contribution in [0.4, 0.5) is 11.4 Å². The molecule has 1 aromatic rings. The maximum absolute atomic E-state index is 11.8. The van der Waals surface area contributed by atoms with E-state index in [1.807, 2.05) is 13.8 Å². The van der Waals surface area contributed by atoms with E-state index in [4.69, 9.17) is 5.73 Å². The Balaban J connectivity index is 3.00. The molecule has 4 N–H and O–H groups in total. The van der Waals surface area contributed by atoms with Crippen LogP contribution in [0.2, 0.25) is 0 Å². The highest BCUT2D eigenvalue weighted by Crippen LogP contribution is 2.26. The number of nitrogens with zero attached hydrogens (tertiary/aromatic N) is 1. The lowest BCUT2D eigenvalue weighted by molar-refractivity contribution is -0.384. The SMILES string of the molecule is CC(C)NC(=O)C(C)Nc1ccc(C(N)=O)cc1[N+](=O)[O-]. The summed E-state index contributed by atoms with van der Waals surface area (Å²) >= 11 is 0. The summed E-state index contributed by atoms with van der Waals surface area (Å²) in [6.07, 6.45) is 0. The fourth-order valence-corrected chi connectivity index (χ4v) is 1.67. The fourth-order valence-electron chi connectivity index (χ4n) is 1.67. The van der Waals surface area contributed by atoms with E-state index in [0.717, 1.165) is 6.07 Å². The molecular formula is C13H18N4O4. The zero-order chi connectivity index (χ0) is 16.2. The van der Waals surface area contributed by atoms with Crippen LogP contribution in [0.15, 0.2) is 18.2 Å². The highest BCUT2D eigenvalue weighted by Gasteiger charge is 2.20. The number of amides is 2. The number of nitro benzene ring substituents is 1. The average Bonchev–Trinajstić information content (AvgIpc) is 2.37. The van der Waals surface area contributed by atoms with Gasteiger partial charge in [-0.25, -0.2) is 0 Å². The summed E-state index contributed by atoms with van der Waals surface area (Å²) in [5.41, 5.74) is 4.96. The highest BCUT2D eigenvalue weighted by atomic mass is 16.6. The Labute approximate surface area is 121 Å². The molecule has 114 valence electrons. The van der Waals surface area contributed by atoms with Crippen LogP contribution in [0.3, 0.4) is 0 Å². The smallest absolute Gasteiger partial charge is 0.293 e. The van der Waals surface area contributed by atoms with Crippen molar-refractivity contribution in [1.82, 2.24) is 5.32 Å². The average molecular weight is 294 g/mol. The van der Waals surface area contributed by atoms with Crippen molar-refractivity contribution in [2.75, 3.05) is 5.32 Å². The molecule has 8 nitrogen and oxygen atoms in total. The molecule has 0 aliphatic heterocycles. The molecule has 0 aromatic heterocycles. The van der Waals surface area contributed by atoms with Gasteiger partial charge in [-0.15, -0.1) is 0 Å². The van der Waals surface area contributed by atoms with Gasteiger partial charge in [-0.3, -0.25) is 19.7 Å². The molecule has 0 heterocycles. The van der Waals surface area contributed by atoms with Gasteiger partial charge in [-0.05, 0) is 32.9 Å². The largest absolute Gasteiger partial charge is 0.368 e. The lowest BCUT2D eigenvalue weighted by Crippen LogP contribution is -2.41. The number of primary amides is 1. The number of hydrogen-bond acceptors (Lipinski definition) is 5. The molecule has 0 aliphatic carbocycles. The number of nitrogens with one attached hydrogen (secondary N) is 2. The number of benzene rings is 1. The van der Waals surface area contributed by atoms with Crippen molar-refractivity contribution in [3.63, 3.8) is 0 Å². The Morgan fingerprint density at radius 1 is 1.29 bits per heavy atom. The van der Waals surface area contributed by atoms with Gasteiger partial charge in [0, 0.05) is 17.7 Å². The molecule has 1 unspecified atom stereocenters. The number of anilines is 1. The van der Waals surface area contributed by atoms with Crippen LogP contribution in [-0.2, 0) is 4.79 Å². The summed E-state index contributed by atoms with van der Waals surface area (Å²) < 4.78 is 0. The van der Waals surface area contributed by atoms with E-state index in [2.05, 4.69) is 10.6 Å². The van der Waals surface area contributed by atoms with Crippen LogP contribution in [0, 0.1) is 10.1 Å². The van der Waals surface area contributed by atoms with Crippen LogP contribution < -0.4 is 16.4 Å². The van der Waals surface area contributed by atoms with Crippen LogP contribution in [0.25, 0.3) is 0 Å². The van der Waals surface area contributed by atoms with Gasteiger partial charge in [0.15, 0.2) is 0 Å². The Bertz CT molecular complexity index is 571. The molecule has 1 rings (SSSR count). The summed E-state index contributed by atoms with van der Waals surface area (Å²) in [4.78, 5) is 33.3. The van der Waals surface area contributed by atoms with E-state index in [1.165, 1.54) is 12.1 Å². The monoisotopic (exact) mass is 294 g/mol. The number of rotatable bonds is 6. The molecule has 0 saturated carbocycles. The van der Waals surface area contributed by atoms with Gasteiger partial charge >= 0.3 is 0 Å². The maximum Gasteiger partial charge on any atom is 0.293 e. The molecule has 8 heteroatoms. The van der Waals surface area contributed by atoms with Gasteiger partial charge in [0.1, 0.15) is 11.7 Å². The van der Waals surface area contributed by atoms with E-state index >= 15 is 0 Å². The van der Waals surface area contributed by atoms with Crippen molar-refractivity contribution >= 4 is 23.2 Å². The minimum absolute atomic E-state index is 0.0334. The Morgan fingerprint density at radius 2 is 1.90 bits per heavy atom. The number of hydrogen-bond donors (Lipinski definition) is 3. The first-order valence-electron chi connectivity index (χ1n) is 6.37. The summed E-state index contributed by atoms with van der Waals surface area (Å²) in [5.74, 6) is -1.03. The van der Waals surface area contributed by atoms with E-state index in [9.17, 15) is 19.7 Å². The Morgan fingerprint density at radius 3 is 2.38 bits per heavy atom. The zero-order valence-corrected chi connectivity index (χ0v) is 12.0. The standard InChI is InChI=1S/C13H18N4O4/c1-7(2)15-13(19)8(3)16-10-5-4-9(12(14)18)6-11(10)17(20)21/h4-8,16H,1-3H3,(H2,14,18)(H,15,19). The third kappa shape index (κ3) is 4.44. The first-order chi connectivity index (χ1) is 9.72. The minimum atomic E-state index is -0.754. The minimum Gasteiger partial charge on any atom is -0.368 e. The topological polar surface area (TPSA) is 127 Å². The number of nitro groups is 1. The normalized spacial score (nSPS) is 11.8.